The summed E-state index contributed by atoms with van der Waals surface area (Å²) in [7, 11) is 3.08. The Kier molecular flexibility index (Phi) is 6.03. The molecule has 7 heteroatoms. The zero-order valence-corrected chi connectivity index (χ0v) is 15.9. The molecule has 0 bridgehead atoms. The number of hydrogen-bond acceptors (Lipinski definition) is 5. The van der Waals surface area contributed by atoms with Crippen LogP contribution in [-0.4, -0.2) is 43.2 Å². The summed E-state index contributed by atoms with van der Waals surface area (Å²) in [5.41, 5.74) is 2.21. The van der Waals surface area contributed by atoms with Gasteiger partial charge in [0, 0.05) is 11.8 Å². The highest BCUT2D eigenvalue weighted by molar-refractivity contribution is 8.03. The fourth-order valence-corrected chi connectivity index (χ4v) is 3.53. The molecule has 0 atom stereocenters. The highest BCUT2D eigenvalue weighted by atomic mass is 32.2. The van der Waals surface area contributed by atoms with Gasteiger partial charge in [-0.2, -0.15) is 0 Å². The van der Waals surface area contributed by atoms with Crippen molar-refractivity contribution in [2.24, 2.45) is 0 Å². The van der Waals surface area contributed by atoms with Crippen LogP contribution in [0.3, 0.4) is 0 Å². The van der Waals surface area contributed by atoms with Gasteiger partial charge in [-0.25, -0.2) is 0 Å². The summed E-state index contributed by atoms with van der Waals surface area (Å²) >= 11 is 1.43. The number of ether oxygens (including phenoxy) is 2. The van der Waals surface area contributed by atoms with Crippen molar-refractivity contribution in [3.63, 3.8) is 0 Å². The summed E-state index contributed by atoms with van der Waals surface area (Å²) in [5, 5.41) is 4.72. The van der Waals surface area contributed by atoms with E-state index < -0.39 is 0 Å². The minimum absolute atomic E-state index is 0.0610. The molecule has 6 nitrogen and oxygen atoms in total. The highest BCUT2D eigenvalue weighted by Crippen LogP contribution is 2.30. The molecule has 3 rings (SSSR count). The Bertz CT molecular complexity index is 868. The lowest BCUT2D eigenvalue weighted by Crippen LogP contribution is -2.39. The number of thioether (sulfide) groups is 1. The zero-order chi connectivity index (χ0) is 19.2. The third-order valence-corrected chi connectivity index (χ3v) is 4.84. The number of carbonyl (C=O) groups excluding carboxylic acids is 2. The van der Waals surface area contributed by atoms with Gasteiger partial charge in [0.25, 0.3) is 0 Å². The van der Waals surface area contributed by atoms with Crippen molar-refractivity contribution in [3.8, 4) is 11.5 Å². The lowest BCUT2D eigenvalue weighted by molar-refractivity contribution is -0.129. The van der Waals surface area contributed by atoms with Gasteiger partial charge in [-0.1, -0.05) is 30.3 Å². The first-order valence-electron chi connectivity index (χ1n) is 8.32. The molecule has 0 aromatic heterocycles. The van der Waals surface area contributed by atoms with Crippen LogP contribution in [0.2, 0.25) is 0 Å². The maximum atomic E-state index is 12.5. The molecule has 140 valence electrons. The molecular formula is C20H20N2O4S. The summed E-state index contributed by atoms with van der Waals surface area (Å²) in [6.45, 7) is -0.0610. The van der Waals surface area contributed by atoms with Gasteiger partial charge in [-0.05, 0) is 23.1 Å². The van der Waals surface area contributed by atoms with Gasteiger partial charge < -0.3 is 19.7 Å². The minimum atomic E-state index is -0.288. The topological polar surface area (TPSA) is 67.9 Å². The summed E-state index contributed by atoms with van der Waals surface area (Å²) < 4.78 is 10.4. The third kappa shape index (κ3) is 4.43. The van der Waals surface area contributed by atoms with Crippen LogP contribution in [0.25, 0.3) is 5.70 Å². The number of methoxy groups -OCH3 is 2. The Hall–Kier alpha value is -2.93. The van der Waals surface area contributed by atoms with Crippen LogP contribution < -0.4 is 14.8 Å². The van der Waals surface area contributed by atoms with Gasteiger partial charge in [0.1, 0.15) is 6.54 Å². The quantitative estimate of drug-likeness (QED) is 0.828. The number of nitrogens with one attached hydrogen (secondary N) is 1. The molecule has 0 saturated carbocycles. The van der Waals surface area contributed by atoms with Crippen molar-refractivity contribution in [1.29, 1.82) is 0 Å². The number of carbonyl (C=O) groups is 2. The number of nitrogens with zero attached hydrogens (tertiary/aromatic N) is 1. The Morgan fingerprint density at radius 1 is 1.11 bits per heavy atom. The Labute approximate surface area is 162 Å². The summed E-state index contributed by atoms with van der Waals surface area (Å²) in [6, 6.07) is 14.7. The zero-order valence-electron chi connectivity index (χ0n) is 15.1. The second kappa shape index (κ2) is 8.64. The average Bonchev–Trinajstić information content (AvgIpc) is 2.70. The summed E-state index contributed by atoms with van der Waals surface area (Å²) in [4.78, 5) is 26.5. The molecular weight excluding hydrogens is 364 g/mol. The van der Waals surface area contributed by atoms with Crippen LogP contribution >= 0.6 is 11.8 Å². The first kappa shape index (κ1) is 18.8. The van der Waals surface area contributed by atoms with Crippen molar-refractivity contribution in [2.75, 3.05) is 31.8 Å². The monoisotopic (exact) mass is 384 g/mol. The van der Waals surface area contributed by atoms with Crippen molar-refractivity contribution < 1.29 is 19.1 Å². The van der Waals surface area contributed by atoms with E-state index in [1.54, 1.807) is 25.3 Å². The standard InChI is InChI=1S/C20H20N2O4S/c1-25-17-9-8-15(10-18(17)26-2)21-19(23)11-22-16(12-27-13-20(22)24)14-6-4-3-5-7-14/h3-10,12H,11,13H2,1-2H3,(H,21,23). The van der Waals surface area contributed by atoms with E-state index >= 15 is 0 Å². The second-order valence-corrected chi connectivity index (χ2v) is 6.64. The molecule has 2 amide bonds. The first-order valence-corrected chi connectivity index (χ1v) is 9.36. The van der Waals surface area contributed by atoms with Gasteiger partial charge in [0.2, 0.25) is 11.8 Å². The van der Waals surface area contributed by atoms with E-state index in [9.17, 15) is 9.59 Å². The lowest BCUT2D eigenvalue weighted by Gasteiger charge is -2.28. The van der Waals surface area contributed by atoms with Crippen LogP contribution in [0, 0.1) is 0 Å². The predicted octanol–water partition coefficient (Wildman–Crippen LogP) is 3.22. The van der Waals surface area contributed by atoms with Crippen LogP contribution in [0.1, 0.15) is 5.56 Å². The van der Waals surface area contributed by atoms with Gasteiger partial charge in [-0.3, -0.25) is 9.59 Å². The van der Waals surface area contributed by atoms with E-state index in [0.29, 0.717) is 22.9 Å². The number of rotatable bonds is 6. The second-order valence-electron chi connectivity index (χ2n) is 5.78. The van der Waals surface area contributed by atoms with Crippen LogP contribution in [-0.2, 0) is 9.59 Å². The summed E-state index contributed by atoms with van der Waals surface area (Å²) in [5.74, 6) is 1.03. The highest BCUT2D eigenvalue weighted by Gasteiger charge is 2.25. The number of benzene rings is 2. The SMILES string of the molecule is COc1ccc(NC(=O)CN2C(=O)CSC=C2c2ccccc2)cc1OC. The smallest absolute Gasteiger partial charge is 0.244 e. The largest absolute Gasteiger partial charge is 0.493 e. The van der Waals surface area contributed by atoms with Crippen molar-refractivity contribution in [1.82, 2.24) is 4.90 Å². The first-order chi connectivity index (χ1) is 13.1. The fraction of sp³-hybridized carbons (Fsp3) is 0.200. The maximum absolute atomic E-state index is 12.5. The van der Waals surface area contributed by atoms with E-state index in [1.165, 1.54) is 23.8 Å². The van der Waals surface area contributed by atoms with Gasteiger partial charge >= 0.3 is 0 Å². The molecule has 0 fully saturated rings. The van der Waals surface area contributed by atoms with E-state index in [1.807, 2.05) is 35.7 Å². The lowest BCUT2D eigenvalue weighted by atomic mass is 10.1. The molecule has 0 unspecified atom stereocenters. The van der Waals surface area contributed by atoms with Crippen molar-refractivity contribution in [2.45, 2.75) is 0 Å². The maximum Gasteiger partial charge on any atom is 0.244 e. The van der Waals surface area contributed by atoms with Gasteiger partial charge in [0.15, 0.2) is 11.5 Å². The molecule has 27 heavy (non-hydrogen) atoms. The van der Waals surface area contributed by atoms with Crippen LogP contribution in [0.15, 0.2) is 53.9 Å². The number of anilines is 1. The number of hydrogen-bond donors (Lipinski definition) is 1. The third-order valence-electron chi connectivity index (χ3n) is 4.03. The van der Waals surface area contributed by atoms with Crippen LogP contribution in [0.4, 0.5) is 5.69 Å². The molecule has 2 aromatic carbocycles. The van der Waals surface area contributed by atoms with E-state index in [2.05, 4.69) is 5.32 Å². The molecule has 1 heterocycles. The summed E-state index contributed by atoms with van der Waals surface area (Å²) in [6.07, 6.45) is 0. The molecule has 0 aliphatic carbocycles. The Balaban J connectivity index is 1.75. The van der Waals surface area contributed by atoms with E-state index in [0.717, 1.165) is 11.3 Å². The molecule has 0 radical (unpaired) electrons. The average molecular weight is 384 g/mol. The minimum Gasteiger partial charge on any atom is -0.493 e. The van der Waals surface area contributed by atoms with Crippen molar-refractivity contribution >= 4 is 35.0 Å². The predicted molar refractivity (Wildman–Crippen MR) is 107 cm³/mol. The van der Waals surface area contributed by atoms with Gasteiger partial charge in [0.05, 0.1) is 25.7 Å². The van der Waals surface area contributed by atoms with Crippen LogP contribution in [0.5, 0.6) is 11.5 Å². The normalized spacial score (nSPS) is 13.8. The number of amides is 2. The molecule has 2 aromatic rings. The van der Waals surface area contributed by atoms with E-state index in [-0.39, 0.29) is 18.4 Å². The van der Waals surface area contributed by atoms with E-state index in [4.69, 9.17) is 9.47 Å². The van der Waals surface area contributed by atoms with Crippen molar-refractivity contribution in [3.05, 3.63) is 59.5 Å². The Morgan fingerprint density at radius 2 is 1.85 bits per heavy atom. The molecule has 1 N–H and O–H groups in total. The molecule has 1 aliphatic rings. The molecule has 0 saturated heterocycles. The fourth-order valence-electron chi connectivity index (χ4n) is 2.73. The molecule has 1 aliphatic heterocycles. The Morgan fingerprint density at radius 3 is 2.56 bits per heavy atom. The molecule has 0 spiro atoms. The van der Waals surface area contributed by atoms with Gasteiger partial charge in [-0.15, -0.1) is 11.8 Å².